The Hall–Kier alpha value is -1.42. The van der Waals surface area contributed by atoms with Gasteiger partial charge in [0, 0.05) is 18.2 Å². The van der Waals surface area contributed by atoms with E-state index in [2.05, 4.69) is 4.98 Å². The molecule has 1 fully saturated rings. The summed E-state index contributed by atoms with van der Waals surface area (Å²) in [5.41, 5.74) is 6.55. The van der Waals surface area contributed by atoms with Gasteiger partial charge in [0.15, 0.2) is 5.78 Å². The zero-order chi connectivity index (χ0) is 13.7. The zero-order valence-electron chi connectivity index (χ0n) is 11.5. The molecule has 1 aromatic rings. The third kappa shape index (κ3) is 3.32. The Morgan fingerprint density at radius 2 is 2.11 bits per heavy atom. The molecule has 2 N–H and O–H groups in total. The lowest BCUT2D eigenvalue weighted by atomic mass is 9.70. The predicted molar refractivity (Wildman–Crippen MR) is 74.3 cm³/mol. The Morgan fingerprint density at radius 1 is 1.37 bits per heavy atom. The van der Waals surface area contributed by atoms with Crippen molar-refractivity contribution in [2.75, 3.05) is 13.7 Å². The van der Waals surface area contributed by atoms with Crippen molar-refractivity contribution in [1.29, 1.82) is 0 Å². The Bertz CT molecular complexity index is 440. The van der Waals surface area contributed by atoms with Crippen molar-refractivity contribution in [3.8, 4) is 5.75 Å². The largest absolute Gasteiger partial charge is 0.495 e. The molecule has 4 heteroatoms. The van der Waals surface area contributed by atoms with E-state index in [0.29, 0.717) is 24.3 Å². The first-order valence-corrected chi connectivity index (χ1v) is 6.91. The third-order valence-corrected chi connectivity index (χ3v) is 4.15. The Balaban J connectivity index is 2.10. The molecule has 0 atom stereocenters. The summed E-state index contributed by atoms with van der Waals surface area (Å²) in [4.78, 5) is 16.4. The Labute approximate surface area is 114 Å². The molecule has 2 rings (SSSR count). The van der Waals surface area contributed by atoms with Gasteiger partial charge in [-0.1, -0.05) is 19.3 Å². The van der Waals surface area contributed by atoms with Gasteiger partial charge in [0.05, 0.1) is 13.3 Å². The van der Waals surface area contributed by atoms with Gasteiger partial charge in [-0.3, -0.25) is 9.78 Å². The summed E-state index contributed by atoms with van der Waals surface area (Å²) in [5, 5.41) is 0. The second-order valence-corrected chi connectivity index (χ2v) is 5.48. The van der Waals surface area contributed by atoms with Gasteiger partial charge in [-0.15, -0.1) is 0 Å². The van der Waals surface area contributed by atoms with Gasteiger partial charge < -0.3 is 10.5 Å². The summed E-state index contributed by atoms with van der Waals surface area (Å²) in [5.74, 6) is 0.745. The molecule has 0 radical (unpaired) electrons. The van der Waals surface area contributed by atoms with Crippen molar-refractivity contribution in [2.24, 2.45) is 11.1 Å². The molecule has 0 amide bonds. The van der Waals surface area contributed by atoms with Crippen molar-refractivity contribution < 1.29 is 9.53 Å². The number of carbonyl (C=O) groups excluding carboxylic acids is 1. The number of ether oxygens (including phenoxy) is 1. The van der Waals surface area contributed by atoms with Crippen LogP contribution in [0.4, 0.5) is 0 Å². The number of nitrogens with two attached hydrogens (primary N) is 1. The van der Waals surface area contributed by atoms with Crippen LogP contribution in [0.1, 0.15) is 48.9 Å². The summed E-state index contributed by atoms with van der Waals surface area (Å²) in [6.07, 6.45) is 9.49. The van der Waals surface area contributed by atoms with Crippen LogP contribution in [0.5, 0.6) is 5.75 Å². The molecule has 1 aliphatic rings. The molecule has 0 unspecified atom stereocenters. The number of nitrogens with zero attached hydrogens (tertiary/aromatic N) is 1. The van der Waals surface area contributed by atoms with Gasteiger partial charge in [0.25, 0.3) is 0 Å². The van der Waals surface area contributed by atoms with Crippen LogP contribution < -0.4 is 10.5 Å². The second-order valence-electron chi connectivity index (χ2n) is 5.48. The lowest BCUT2D eigenvalue weighted by Crippen LogP contribution is -2.35. The maximum Gasteiger partial charge on any atom is 0.165 e. The molecule has 1 heterocycles. The normalized spacial score (nSPS) is 18.0. The van der Waals surface area contributed by atoms with Crippen molar-refractivity contribution in [2.45, 2.75) is 38.5 Å². The molecule has 0 saturated heterocycles. The SMILES string of the molecule is COc1cncc(C(=O)CC2(CN)CCCCC2)c1. The number of hydrogen-bond acceptors (Lipinski definition) is 4. The van der Waals surface area contributed by atoms with Gasteiger partial charge in [-0.05, 0) is 30.9 Å². The van der Waals surface area contributed by atoms with E-state index in [0.717, 1.165) is 12.8 Å². The summed E-state index contributed by atoms with van der Waals surface area (Å²) < 4.78 is 5.11. The molecule has 104 valence electrons. The average molecular weight is 262 g/mol. The van der Waals surface area contributed by atoms with E-state index in [4.69, 9.17) is 10.5 Å². The quantitative estimate of drug-likeness (QED) is 0.828. The fourth-order valence-corrected chi connectivity index (χ4v) is 2.88. The second kappa shape index (κ2) is 6.15. The molecule has 0 aliphatic heterocycles. The monoisotopic (exact) mass is 262 g/mol. The molecule has 1 saturated carbocycles. The van der Waals surface area contributed by atoms with E-state index in [9.17, 15) is 4.79 Å². The highest BCUT2D eigenvalue weighted by atomic mass is 16.5. The van der Waals surface area contributed by atoms with E-state index in [-0.39, 0.29) is 11.2 Å². The van der Waals surface area contributed by atoms with Crippen molar-refractivity contribution in [3.05, 3.63) is 24.0 Å². The number of carbonyl (C=O) groups is 1. The summed E-state index contributed by atoms with van der Waals surface area (Å²) >= 11 is 0. The van der Waals surface area contributed by atoms with Crippen molar-refractivity contribution in [3.63, 3.8) is 0 Å². The van der Waals surface area contributed by atoms with Crippen LogP contribution in [-0.2, 0) is 0 Å². The predicted octanol–water partition coefficient (Wildman–Crippen LogP) is 2.57. The maximum absolute atomic E-state index is 12.4. The van der Waals surface area contributed by atoms with E-state index in [1.54, 1.807) is 25.6 Å². The number of pyridine rings is 1. The molecule has 0 bridgehead atoms. The van der Waals surface area contributed by atoms with E-state index < -0.39 is 0 Å². The number of hydrogen-bond donors (Lipinski definition) is 1. The Morgan fingerprint density at radius 3 is 2.74 bits per heavy atom. The average Bonchev–Trinajstić information content (AvgIpc) is 2.48. The summed E-state index contributed by atoms with van der Waals surface area (Å²) in [7, 11) is 1.58. The fourth-order valence-electron chi connectivity index (χ4n) is 2.88. The zero-order valence-corrected chi connectivity index (χ0v) is 11.5. The minimum absolute atomic E-state index is 0.00158. The van der Waals surface area contributed by atoms with Crippen LogP contribution in [-0.4, -0.2) is 24.4 Å². The van der Waals surface area contributed by atoms with Crippen LogP contribution in [0.15, 0.2) is 18.5 Å². The van der Waals surface area contributed by atoms with Gasteiger partial charge in [-0.2, -0.15) is 0 Å². The standard InChI is InChI=1S/C15H22N2O2/c1-19-13-7-12(9-17-10-13)14(18)8-15(11-16)5-3-2-4-6-15/h7,9-10H,2-6,8,11,16H2,1H3. The molecular formula is C15H22N2O2. The first-order chi connectivity index (χ1) is 9.19. The number of aromatic nitrogens is 1. The number of Topliss-reactive ketones (excluding diaryl/α,β-unsaturated/α-hetero) is 1. The highest BCUT2D eigenvalue weighted by Gasteiger charge is 2.33. The van der Waals surface area contributed by atoms with Crippen LogP contribution in [0.25, 0.3) is 0 Å². The van der Waals surface area contributed by atoms with Crippen molar-refractivity contribution in [1.82, 2.24) is 4.98 Å². The summed E-state index contributed by atoms with van der Waals surface area (Å²) in [6.45, 7) is 0.593. The van der Waals surface area contributed by atoms with Crippen LogP contribution in [0.3, 0.4) is 0 Å². The molecule has 4 nitrogen and oxygen atoms in total. The lowest BCUT2D eigenvalue weighted by molar-refractivity contribution is 0.0867. The first kappa shape index (κ1) is 14.0. The van der Waals surface area contributed by atoms with Gasteiger partial charge in [0.1, 0.15) is 5.75 Å². The molecule has 1 aromatic heterocycles. The van der Waals surface area contributed by atoms with E-state index >= 15 is 0 Å². The number of rotatable bonds is 5. The molecule has 1 aliphatic carbocycles. The van der Waals surface area contributed by atoms with Gasteiger partial charge in [0.2, 0.25) is 0 Å². The highest BCUT2D eigenvalue weighted by molar-refractivity contribution is 5.96. The Kier molecular flexibility index (Phi) is 4.53. The molecular weight excluding hydrogens is 240 g/mol. The fraction of sp³-hybridized carbons (Fsp3) is 0.600. The minimum Gasteiger partial charge on any atom is -0.495 e. The van der Waals surface area contributed by atoms with Crippen LogP contribution >= 0.6 is 0 Å². The maximum atomic E-state index is 12.4. The highest BCUT2D eigenvalue weighted by Crippen LogP contribution is 2.39. The minimum atomic E-state index is -0.00158. The molecule has 0 aromatic carbocycles. The number of ketones is 1. The van der Waals surface area contributed by atoms with Crippen molar-refractivity contribution >= 4 is 5.78 Å². The number of methoxy groups -OCH3 is 1. The van der Waals surface area contributed by atoms with E-state index in [1.807, 2.05) is 0 Å². The van der Waals surface area contributed by atoms with Crippen LogP contribution in [0, 0.1) is 5.41 Å². The lowest BCUT2D eigenvalue weighted by Gasteiger charge is -2.35. The van der Waals surface area contributed by atoms with Gasteiger partial charge >= 0.3 is 0 Å². The third-order valence-electron chi connectivity index (χ3n) is 4.15. The smallest absolute Gasteiger partial charge is 0.165 e. The summed E-state index contributed by atoms with van der Waals surface area (Å²) in [6, 6.07) is 1.75. The first-order valence-electron chi connectivity index (χ1n) is 6.91. The molecule has 0 spiro atoms. The van der Waals surface area contributed by atoms with Gasteiger partial charge in [-0.25, -0.2) is 0 Å². The molecule has 19 heavy (non-hydrogen) atoms. The van der Waals surface area contributed by atoms with E-state index in [1.165, 1.54) is 19.3 Å². The topological polar surface area (TPSA) is 65.2 Å². The van der Waals surface area contributed by atoms with Crippen LogP contribution in [0.2, 0.25) is 0 Å².